The lowest BCUT2D eigenvalue weighted by Gasteiger charge is -2.22. The van der Waals surface area contributed by atoms with Crippen LogP contribution in [0.4, 0.5) is 0 Å². The van der Waals surface area contributed by atoms with Crippen LogP contribution in [-0.2, 0) is 6.54 Å². The van der Waals surface area contributed by atoms with Crippen molar-refractivity contribution in [1.29, 1.82) is 0 Å². The molecule has 6 heteroatoms. The summed E-state index contributed by atoms with van der Waals surface area (Å²) in [4.78, 5) is 19.0. The molecule has 0 bridgehead atoms. The summed E-state index contributed by atoms with van der Waals surface area (Å²) in [6.07, 6.45) is 2.35. The maximum atomic E-state index is 12.9. The van der Waals surface area contributed by atoms with E-state index in [2.05, 4.69) is 15.2 Å². The third-order valence-electron chi connectivity index (χ3n) is 3.98. The molecule has 3 N–H and O–H groups in total. The van der Waals surface area contributed by atoms with E-state index in [-0.39, 0.29) is 5.91 Å². The number of nitrogens with two attached hydrogens (primary N) is 1. The minimum Gasteiger partial charge on any atom is -0.334 e. The SMILES string of the molecule is Cc1[nH]nc2ncc(C(=O)N(CCCN)Cc3ccccc3)cc12. The first-order valence-corrected chi connectivity index (χ1v) is 8.03. The van der Waals surface area contributed by atoms with E-state index in [9.17, 15) is 4.79 Å². The van der Waals surface area contributed by atoms with Gasteiger partial charge in [0.1, 0.15) is 0 Å². The number of hydrogen-bond acceptors (Lipinski definition) is 4. The lowest BCUT2D eigenvalue weighted by molar-refractivity contribution is 0.0742. The quantitative estimate of drug-likeness (QED) is 0.728. The average molecular weight is 323 g/mol. The number of aromatic nitrogens is 3. The predicted molar refractivity (Wildman–Crippen MR) is 93.5 cm³/mol. The van der Waals surface area contributed by atoms with Crippen LogP contribution in [0.15, 0.2) is 42.6 Å². The summed E-state index contributed by atoms with van der Waals surface area (Å²) in [6, 6.07) is 11.8. The molecule has 3 rings (SSSR count). The van der Waals surface area contributed by atoms with Crippen molar-refractivity contribution in [2.24, 2.45) is 5.73 Å². The molecule has 0 aliphatic rings. The van der Waals surface area contributed by atoms with Gasteiger partial charge in [0.2, 0.25) is 0 Å². The van der Waals surface area contributed by atoms with Crippen molar-refractivity contribution >= 4 is 16.9 Å². The molecule has 0 fully saturated rings. The molecule has 3 aromatic rings. The number of nitrogens with one attached hydrogen (secondary N) is 1. The number of H-pyrrole nitrogens is 1. The third-order valence-corrected chi connectivity index (χ3v) is 3.98. The Bertz CT molecular complexity index is 828. The standard InChI is InChI=1S/C18H21N5O/c1-13-16-10-15(11-20-17(16)22-21-13)18(24)23(9-5-8-19)12-14-6-3-2-4-7-14/h2-4,6-7,10-11H,5,8-9,12,19H2,1H3,(H,20,21,22). The topological polar surface area (TPSA) is 87.9 Å². The fourth-order valence-electron chi connectivity index (χ4n) is 2.66. The Morgan fingerprint density at radius 3 is 2.83 bits per heavy atom. The molecule has 0 atom stereocenters. The maximum Gasteiger partial charge on any atom is 0.255 e. The summed E-state index contributed by atoms with van der Waals surface area (Å²) >= 11 is 0. The summed E-state index contributed by atoms with van der Waals surface area (Å²) < 4.78 is 0. The lowest BCUT2D eigenvalue weighted by Crippen LogP contribution is -2.32. The Morgan fingerprint density at radius 1 is 1.29 bits per heavy atom. The first-order valence-electron chi connectivity index (χ1n) is 8.03. The lowest BCUT2D eigenvalue weighted by atomic mass is 10.1. The van der Waals surface area contributed by atoms with Crippen molar-refractivity contribution in [3.63, 3.8) is 0 Å². The van der Waals surface area contributed by atoms with Crippen molar-refractivity contribution in [2.45, 2.75) is 19.9 Å². The molecule has 124 valence electrons. The van der Waals surface area contributed by atoms with E-state index in [4.69, 9.17) is 5.73 Å². The molecule has 2 heterocycles. The number of aromatic amines is 1. The van der Waals surface area contributed by atoms with E-state index in [1.165, 1.54) is 0 Å². The van der Waals surface area contributed by atoms with Crippen molar-refractivity contribution in [1.82, 2.24) is 20.1 Å². The van der Waals surface area contributed by atoms with Crippen LogP contribution in [0.5, 0.6) is 0 Å². The van der Waals surface area contributed by atoms with Crippen molar-refractivity contribution < 1.29 is 4.79 Å². The van der Waals surface area contributed by atoms with Crippen LogP contribution in [-0.4, -0.2) is 39.1 Å². The van der Waals surface area contributed by atoms with E-state index in [0.29, 0.717) is 30.8 Å². The molecule has 0 radical (unpaired) electrons. The molecule has 0 saturated heterocycles. The number of carbonyl (C=O) groups is 1. The normalized spacial score (nSPS) is 10.9. The van der Waals surface area contributed by atoms with Crippen LogP contribution in [0.2, 0.25) is 0 Å². The third kappa shape index (κ3) is 3.44. The molecule has 0 unspecified atom stereocenters. The Labute approximate surface area is 140 Å². The monoisotopic (exact) mass is 323 g/mol. The van der Waals surface area contributed by atoms with Crippen LogP contribution in [0.1, 0.15) is 28.0 Å². The molecule has 24 heavy (non-hydrogen) atoms. The highest BCUT2D eigenvalue weighted by molar-refractivity contribution is 5.97. The molecule has 1 aromatic carbocycles. The zero-order chi connectivity index (χ0) is 16.9. The van der Waals surface area contributed by atoms with Crippen LogP contribution in [0, 0.1) is 6.92 Å². The van der Waals surface area contributed by atoms with Crippen molar-refractivity contribution in [2.75, 3.05) is 13.1 Å². The summed E-state index contributed by atoms with van der Waals surface area (Å²) in [5, 5.41) is 7.87. The van der Waals surface area contributed by atoms with Crippen LogP contribution < -0.4 is 5.73 Å². The number of nitrogens with zero attached hydrogens (tertiary/aromatic N) is 3. The van der Waals surface area contributed by atoms with Gasteiger partial charge in [-0.05, 0) is 31.5 Å². The van der Waals surface area contributed by atoms with Gasteiger partial charge in [-0.2, -0.15) is 5.10 Å². The van der Waals surface area contributed by atoms with E-state index < -0.39 is 0 Å². The van der Waals surface area contributed by atoms with Gasteiger partial charge in [-0.15, -0.1) is 0 Å². The first kappa shape index (κ1) is 16.1. The number of benzene rings is 1. The van der Waals surface area contributed by atoms with Gasteiger partial charge in [0.25, 0.3) is 5.91 Å². The van der Waals surface area contributed by atoms with Gasteiger partial charge < -0.3 is 10.6 Å². The highest BCUT2D eigenvalue weighted by Crippen LogP contribution is 2.17. The molecule has 0 aliphatic carbocycles. The molecule has 6 nitrogen and oxygen atoms in total. The van der Waals surface area contributed by atoms with Gasteiger partial charge in [0.15, 0.2) is 5.65 Å². The molecule has 1 amide bonds. The maximum absolute atomic E-state index is 12.9. The second-order valence-electron chi connectivity index (χ2n) is 5.80. The number of fused-ring (bicyclic) bond motifs is 1. The van der Waals surface area contributed by atoms with Gasteiger partial charge in [0.05, 0.1) is 5.56 Å². The minimum absolute atomic E-state index is 0.0395. The molecule has 0 aliphatic heterocycles. The molecule has 2 aromatic heterocycles. The predicted octanol–water partition coefficient (Wildman–Crippen LogP) is 2.26. The zero-order valence-corrected chi connectivity index (χ0v) is 13.7. The Morgan fingerprint density at radius 2 is 2.08 bits per heavy atom. The van der Waals surface area contributed by atoms with Gasteiger partial charge in [0, 0.05) is 30.4 Å². The highest BCUT2D eigenvalue weighted by Gasteiger charge is 2.17. The van der Waals surface area contributed by atoms with Gasteiger partial charge in [-0.25, -0.2) is 4.98 Å². The van der Waals surface area contributed by atoms with E-state index in [1.807, 2.05) is 48.2 Å². The Balaban J connectivity index is 1.87. The summed E-state index contributed by atoms with van der Waals surface area (Å²) in [5.41, 5.74) is 8.82. The Kier molecular flexibility index (Phi) is 4.86. The molecular formula is C18H21N5O. The van der Waals surface area contributed by atoms with E-state index in [1.54, 1.807) is 6.20 Å². The summed E-state index contributed by atoms with van der Waals surface area (Å²) in [5.74, 6) is -0.0395. The minimum atomic E-state index is -0.0395. The largest absolute Gasteiger partial charge is 0.334 e. The highest BCUT2D eigenvalue weighted by atomic mass is 16.2. The second kappa shape index (κ2) is 7.23. The smallest absolute Gasteiger partial charge is 0.255 e. The van der Waals surface area contributed by atoms with Gasteiger partial charge >= 0.3 is 0 Å². The molecule has 0 saturated carbocycles. The first-order chi connectivity index (χ1) is 11.7. The number of pyridine rings is 1. The number of carbonyl (C=O) groups excluding carboxylic acids is 1. The van der Waals surface area contributed by atoms with Gasteiger partial charge in [-0.1, -0.05) is 30.3 Å². The van der Waals surface area contributed by atoms with Crippen molar-refractivity contribution in [3.05, 3.63) is 59.4 Å². The fourth-order valence-corrected chi connectivity index (χ4v) is 2.66. The van der Waals surface area contributed by atoms with E-state index in [0.717, 1.165) is 23.1 Å². The number of hydrogen-bond donors (Lipinski definition) is 2. The van der Waals surface area contributed by atoms with Crippen LogP contribution in [0.25, 0.3) is 11.0 Å². The summed E-state index contributed by atoms with van der Waals surface area (Å²) in [6.45, 7) is 3.65. The average Bonchev–Trinajstić information content (AvgIpc) is 2.99. The number of amides is 1. The Hall–Kier alpha value is -2.73. The molecular weight excluding hydrogens is 302 g/mol. The molecule has 0 spiro atoms. The zero-order valence-electron chi connectivity index (χ0n) is 13.7. The summed E-state index contributed by atoms with van der Waals surface area (Å²) in [7, 11) is 0. The second-order valence-corrected chi connectivity index (χ2v) is 5.80. The van der Waals surface area contributed by atoms with Crippen molar-refractivity contribution in [3.8, 4) is 0 Å². The number of aryl methyl sites for hydroxylation is 1. The van der Waals surface area contributed by atoms with Crippen LogP contribution >= 0.6 is 0 Å². The number of rotatable bonds is 6. The fraction of sp³-hybridized carbons (Fsp3) is 0.278. The van der Waals surface area contributed by atoms with Crippen LogP contribution in [0.3, 0.4) is 0 Å². The van der Waals surface area contributed by atoms with Gasteiger partial charge in [-0.3, -0.25) is 9.89 Å². The van der Waals surface area contributed by atoms with E-state index >= 15 is 0 Å².